The van der Waals surface area contributed by atoms with Gasteiger partial charge < -0.3 is 10.0 Å². The highest BCUT2D eigenvalue weighted by atomic mass is 16.3. The van der Waals surface area contributed by atoms with E-state index in [4.69, 9.17) is 0 Å². The standard InChI is InChI=1S/C20H26N4O/c1-15-4-7-17(8-5-15)23-10-12-24(13-11-23)20(25)16-6-9-18(21-2)19(14-16)22-3/h4,6-9,14-15,20,25H,2-3,5,10-13H2,1H3. The van der Waals surface area contributed by atoms with Gasteiger partial charge in [0.25, 0.3) is 0 Å². The Hall–Kier alpha value is -2.24. The molecular formula is C20H26N4O. The Balaban J connectivity index is 1.64. The van der Waals surface area contributed by atoms with Crippen LogP contribution < -0.4 is 0 Å². The lowest BCUT2D eigenvalue weighted by Crippen LogP contribution is -2.47. The molecule has 0 aromatic heterocycles. The summed E-state index contributed by atoms with van der Waals surface area (Å²) in [7, 11) is 0. The van der Waals surface area contributed by atoms with Crippen molar-refractivity contribution in [3.8, 4) is 0 Å². The summed E-state index contributed by atoms with van der Waals surface area (Å²) in [6.07, 6.45) is 7.28. The highest BCUT2D eigenvalue weighted by Gasteiger charge is 2.24. The highest BCUT2D eigenvalue weighted by molar-refractivity contribution is 5.67. The summed E-state index contributed by atoms with van der Waals surface area (Å²) in [5.74, 6) is 0.632. The molecule has 0 saturated carbocycles. The van der Waals surface area contributed by atoms with Crippen molar-refractivity contribution < 1.29 is 5.11 Å². The highest BCUT2D eigenvalue weighted by Crippen LogP contribution is 2.32. The minimum atomic E-state index is -0.641. The van der Waals surface area contributed by atoms with E-state index >= 15 is 0 Å². The van der Waals surface area contributed by atoms with Crippen molar-refractivity contribution in [1.29, 1.82) is 0 Å². The second-order valence-electron chi connectivity index (χ2n) is 6.66. The van der Waals surface area contributed by atoms with Gasteiger partial charge in [-0.25, -0.2) is 0 Å². The van der Waals surface area contributed by atoms with Gasteiger partial charge in [-0.3, -0.25) is 14.9 Å². The summed E-state index contributed by atoms with van der Waals surface area (Å²) in [6, 6.07) is 5.54. The summed E-state index contributed by atoms with van der Waals surface area (Å²) in [5, 5.41) is 10.7. The molecule has 0 bridgehead atoms. The molecule has 1 aromatic rings. The summed E-state index contributed by atoms with van der Waals surface area (Å²) in [5.41, 5.74) is 3.46. The molecule has 1 aliphatic carbocycles. The summed E-state index contributed by atoms with van der Waals surface area (Å²) >= 11 is 0. The first-order valence-electron chi connectivity index (χ1n) is 8.75. The molecule has 2 aliphatic rings. The summed E-state index contributed by atoms with van der Waals surface area (Å²) in [6.45, 7) is 12.8. The second-order valence-corrected chi connectivity index (χ2v) is 6.66. The molecular weight excluding hydrogens is 312 g/mol. The van der Waals surface area contributed by atoms with Crippen LogP contribution in [0.1, 0.15) is 25.1 Å². The van der Waals surface area contributed by atoms with Crippen molar-refractivity contribution in [3.05, 3.63) is 47.7 Å². The molecule has 132 valence electrons. The maximum atomic E-state index is 10.7. The molecule has 3 rings (SSSR count). The smallest absolute Gasteiger partial charge is 0.133 e. The fraction of sp³-hybridized carbons (Fsp3) is 0.400. The van der Waals surface area contributed by atoms with Crippen molar-refractivity contribution in [1.82, 2.24) is 9.80 Å². The van der Waals surface area contributed by atoms with E-state index in [2.05, 4.69) is 58.4 Å². The zero-order valence-electron chi connectivity index (χ0n) is 14.8. The lowest BCUT2D eigenvalue weighted by molar-refractivity contribution is -0.0216. The lowest BCUT2D eigenvalue weighted by Gasteiger charge is -2.39. The van der Waals surface area contributed by atoms with Gasteiger partial charge in [0.05, 0.1) is 11.4 Å². The molecule has 0 amide bonds. The largest absolute Gasteiger partial charge is 0.374 e. The number of aliphatic hydroxyl groups is 1. The van der Waals surface area contributed by atoms with Gasteiger partial charge in [-0.2, -0.15) is 0 Å². The fourth-order valence-corrected chi connectivity index (χ4v) is 3.35. The second kappa shape index (κ2) is 7.76. The Labute approximate surface area is 149 Å². The minimum Gasteiger partial charge on any atom is -0.374 e. The van der Waals surface area contributed by atoms with Crippen molar-refractivity contribution >= 4 is 24.8 Å². The van der Waals surface area contributed by atoms with E-state index in [1.807, 2.05) is 18.2 Å². The molecule has 2 atom stereocenters. The van der Waals surface area contributed by atoms with Crippen molar-refractivity contribution in [2.45, 2.75) is 19.6 Å². The first-order valence-corrected chi connectivity index (χ1v) is 8.75. The normalized spacial score (nSPS) is 22.4. The van der Waals surface area contributed by atoms with Crippen LogP contribution in [0.3, 0.4) is 0 Å². The van der Waals surface area contributed by atoms with E-state index in [1.54, 1.807) is 0 Å². The van der Waals surface area contributed by atoms with Crippen LogP contribution in [-0.2, 0) is 0 Å². The van der Waals surface area contributed by atoms with Gasteiger partial charge in [-0.1, -0.05) is 25.1 Å². The molecule has 1 aromatic carbocycles. The average molecular weight is 338 g/mol. The third-order valence-electron chi connectivity index (χ3n) is 4.96. The van der Waals surface area contributed by atoms with Gasteiger partial charge in [-0.05, 0) is 49.5 Å². The Bertz CT molecular complexity index is 702. The number of aliphatic imine (C=N–C) groups is 2. The molecule has 0 radical (unpaired) electrons. The quantitative estimate of drug-likeness (QED) is 0.837. The van der Waals surface area contributed by atoms with Crippen LogP contribution in [0.25, 0.3) is 0 Å². The number of allylic oxidation sites excluding steroid dienone is 3. The van der Waals surface area contributed by atoms with Crippen LogP contribution in [-0.4, -0.2) is 54.5 Å². The predicted octanol–water partition coefficient (Wildman–Crippen LogP) is 3.44. The fourth-order valence-electron chi connectivity index (χ4n) is 3.35. The molecule has 1 aliphatic heterocycles. The van der Waals surface area contributed by atoms with Crippen LogP contribution in [0.2, 0.25) is 0 Å². The number of piperazine rings is 1. The Morgan fingerprint density at radius 2 is 1.84 bits per heavy atom. The number of benzene rings is 1. The van der Waals surface area contributed by atoms with Crippen molar-refractivity contribution in [2.24, 2.45) is 15.9 Å². The molecule has 25 heavy (non-hydrogen) atoms. The summed E-state index contributed by atoms with van der Waals surface area (Å²) in [4.78, 5) is 12.4. The molecule has 0 spiro atoms. The van der Waals surface area contributed by atoms with Gasteiger partial charge in [0.1, 0.15) is 6.23 Å². The minimum absolute atomic E-state index is 0.632. The molecule has 2 unspecified atom stereocenters. The van der Waals surface area contributed by atoms with Crippen LogP contribution in [0.5, 0.6) is 0 Å². The predicted molar refractivity (Wildman–Crippen MR) is 104 cm³/mol. The Morgan fingerprint density at radius 3 is 2.44 bits per heavy atom. The zero-order valence-corrected chi connectivity index (χ0v) is 14.8. The first kappa shape index (κ1) is 17.6. The topological polar surface area (TPSA) is 51.4 Å². The molecule has 1 heterocycles. The van der Waals surface area contributed by atoms with Crippen LogP contribution in [0, 0.1) is 5.92 Å². The Kier molecular flexibility index (Phi) is 5.46. The third kappa shape index (κ3) is 3.89. The molecule has 5 heteroatoms. The summed E-state index contributed by atoms with van der Waals surface area (Å²) < 4.78 is 0. The number of nitrogens with zero attached hydrogens (tertiary/aromatic N) is 4. The molecule has 1 fully saturated rings. The first-order chi connectivity index (χ1) is 12.1. The number of hydrogen-bond acceptors (Lipinski definition) is 5. The van der Waals surface area contributed by atoms with Gasteiger partial charge in [0.15, 0.2) is 0 Å². The lowest BCUT2D eigenvalue weighted by atomic mass is 10.0. The SMILES string of the molecule is C=Nc1ccc(C(O)N2CCN(C3=CCC(C)C=C3)CC2)cc1N=C. The van der Waals surface area contributed by atoms with Crippen LogP contribution in [0.4, 0.5) is 11.4 Å². The third-order valence-corrected chi connectivity index (χ3v) is 4.96. The number of aliphatic hydroxyl groups excluding tert-OH is 1. The van der Waals surface area contributed by atoms with E-state index in [0.29, 0.717) is 17.3 Å². The maximum absolute atomic E-state index is 10.7. The van der Waals surface area contributed by atoms with E-state index in [9.17, 15) is 5.11 Å². The van der Waals surface area contributed by atoms with E-state index in [1.165, 1.54) is 5.70 Å². The van der Waals surface area contributed by atoms with Gasteiger partial charge in [0.2, 0.25) is 0 Å². The van der Waals surface area contributed by atoms with E-state index in [-0.39, 0.29) is 0 Å². The van der Waals surface area contributed by atoms with E-state index < -0.39 is 6.23 Å². The number of hydrogen-bond donors (Lipinski definition) is 1. The van der Waals surface area contributed by atoms with Crippen LogP contribution in [0.15, 0.2) is 52.1 Å². The van der Waals surface area contributed by atoms with E-state index in [0.717, 1.165) is 38.2 Å². The van der Waals surface area contributed by atoms with Crippen molar-refractivity contribution in [3.63, 3.8) is 0 Å². The maximum Gasteiger partial charge on any atom is 0.133 e. The van der Waals surface area contributed by atoms with Gasteiger partial charge in [-0.15, -0.1) is 0 Å². The Morgan fingerprint density at radius 1 is 1.12 bits per heavy atom. The van der Waals surface area contributed by atoms with Gasteiger partial charge in [0, 0.05) is 31.9 Å². The van der Waals surface area contributed by atoms with Crippen molar-refractivity contribution in [2.75, 3.05) is 26.2 Å². The van der Waals surface area contributed by atoms with Crippen LogP contribution >= 0.6 is 0 Å². The molecule has 1 N–H and O–H groups in total. The molecule has 5 nitrogen and oxygen atoms in total. The monoisotopic (exact) mass is 338 g/mol. The average Bonchev–Trinajstić information content (AvgIpc) is 2.67. The number of rotatable bonds is 5. The molecule has 1 saturated heterocycles. The van der Waals surface area contributed by atoms with Gasteiger partial charge >= 0.3 is 0 Å². The zero-order chi connectivity index (χ0) is 17.8.